The monoisotopic (exact) mass is 341 g/mol. The quantitative estimate of drug-likeness (QED) is 0.563. The minimum Gasteiger partial charge on any atom is -0.378 e. The van der Waals surface area contributed by atoms with Crippen LogP contribution in [0.5, 0.6) is 0 Å². The summed E-state index contributed by atoms with van der Waals surface area (Å²) in [5.41, 5.74) is 2.62. The first-order valence-electron chi connectivity index (χ1n) is 8.27. The lowest BCUT2D eigenvalue weighted by Crippen LogP contribution is -2.13. The van der Waals surface area contributed by atoms with Crippen molar-refractivity contribution in [3.8, 4) is 6.07 Å². The third-order valence-corrected chi connectivity index (χ3v) is 4.12. The molecule has 4 heteroatoms. The van der Waals surface area contributed by atoms with Gasteiger partial charge in [0.05, 0.1) is 0 Å². The summed E-state index contributed by atoms with van der Waals surface area (Å²) < 4.78 is 0. The summed E-state index contributed by atoms with van der Waals surface area (Å²) in [5.74, 6) is -0.416. The van der Waals surface area contributed by atoms with Crippen LogP contribution in [0.15, 0.2) is 72.3 Å². The Kier molecular flexibility index (Phi) is 5.00. The maximum Gasteiger partial charge on any atom is 0.266 e. The van der Waals surface area contributed by atoms with Gasteiger partial charge in [0.1, 0.15) is 11.6 Å². The molecule has 0 radical (unpaired) electrons. The van der Waals surface area contributed by atoms with Crippen molar-refractivity contribution in [2.45, 2.75) is 0 Å². The van der Waals surface area contributed by atoms with Crippen molar-refractivity contribution < 1.29 is 4.79 Å². The van der Waals surface area contributed by atoms with Crippen LogP contribution < -0.4 is 10.2 Å². The van der Waals surface area contributed by atoms with Gasteiger partial charge in [-0.25, -0.2) is 0 Å². The predicted octanol–water partition coefficient (Wildman–Crippen LogP) is 4.45. The normalized spacial score (nSPS) is 11.0. The molecule has 0 saturated carbocycles. The van der Waals surface area contributed by atoms with Gasteiger partial charge in [-0.3, -0.25) is 4.79 Å². The fraction of sp³-hybridized carbons (Fsp3) is 0.0909. The number of anilines is 2. The molecule has 0 bridgehead atoms. The third-order valence-electron chi connectivity index (χ3n) is 4.12. The minimum atomic E-state index is -0.416. The molecule has 0 aliphatic carbocycles. The minimum absolute atomic E-state index is 0.0653. The fourth-order valence-electron chi connectivity index (χ4n) is 2.71. The van der Waals surface area contributed by atoms with Crippen molar-refractivity contribution in [2.75, 3.05) is 24.3 Å². The smallest absolute Gasteiger partial charge is 0.266 e. The molecule has 4 nitrogen and oxygen atoms in total. The lowest BCUT2D eigenvalue weighted by Gasteiger charge is -2.12. The number of nitrogens with zero attached hydrogens (tertiary/aromatic N) is 2. The van der Waals surface area contributed by atoms with E-state index in [1.165, 1.54) is 0 Å². The molecule has 128 valence electrons. The second-order valence-electron chi connectivity index (χ2n) is 6.14. The number of fused-ring (bicyclic) bond motifs is 1. The highest BCUT2D eigenvalue weighted by Crippen LogP contribution is 2.23. The Morgan fingerprint density at radius 3 is 2.38 bits per heavy atom. The Morgan fingerprint density at radius 2 is 1.69 bits per heavy atom. The summed E-state index contributed by atoms with van der Waals surface area (Å²) in [5, 5.41) is 14.2. The molecule has 3 aromatic rings. The molecule has 26 heavy (non-hydrogen) atoms. The summed E-state index contributed by atoms with van der Waals surface area (Å²) in [6.07, 6.45) is 1.60. The average molecular weight is 341 g/mol. The van der Waals surface area contributed by atoms with E-state index in [2.05, 4.69) is 5.32 Å². The van der Waals surface area contributed by atoms with Crippen molar-refractivity contribution in [3.63, 3.8) is 0 Å². The molecular weight excluding hydrogens is 322 g/mol. The Morgan fingerprint density at radius 1 is 1.00 bits per heavy atom. The van der Waals surface area contributed by atoms with Gasteiger partial charge in [0, 0.05) is 30.9 Å². The van der Waals surface area contributed by atoms with Crippen LogP contribution in [-0.2, 0) is 4.79 Å². The third kappa shape index (κ3) is 3.73. The molecule has 0 unspecified atom stereocenters. The topological polar surface area (TPSA) is 56.1 Å². The summed E-state index contributed by atoms with van der Waals surface area (Å²) in [6.45, 7) is 0. The van der Waals surface area contributed by atoms with Crippen LogP contribution in [0, 0.1) is 11.3 Å². The van der Waals surface area contributed by atoms with Crippen molar-refractivity contribution in [3.05, 3.63) is 77.9 Å². The van der Waals surface area contributed by atoms with E-state index in [4.69, 9.17) is 0 Å². The van der Waals surface area contributed by atoms with E-state index in [-0.39, 0.29) is 5.57 Å². The highest BCUT2D eigenvalue weighted by atomic mass is 16.1. The second kappa shape index (κ2) is 7.54. The zero-order chi connectivity index (χ0) is 18.5. The largest absolute Gasteiger partial charge is 0.378 e. The lowest BCUT2D eigenvalue weighted by atomic mass is 10.1. The van der Waals surface area contributed by atoms with E-state index in [0.717, 1.165) is 22.0 Å². The Labute approximate surface area is 153 Å². The number of benzene rings is 3. The zero-order valence-electron chi connectivity index (χ0n) is 14.7. The molecule has 0 aliphatic rings. The molecule has 0 heterocycles. The first-order valence-corrected chi connectivity index (χ1v) is 8.27. The van der Waals surface area contributed by atoms with E-state index >= 15 is 0 Å². The molecule has 0 atom stereocenters. The first-order chi connectivity index (χ1) is 12.6. The van der Waals surface area contributed by atoms with Crippen LogP contribution >= 0.6 is 0 Å². The van der Waals surface area contributed by atoms with Gasteiger partial charge >= 0.3 is 0 Å². The zero-order valence-corrected chi connectivity index (χ0v) is 14.7. The Hall–Kier alpha value is -3.58. The highest BCUT2D eigenvalue weighted by Gasteiger charge is 2.11. The van der Waals surface area contributed by atoms with Gasteiger partial charge < -0.3 is 10.2 Å². The average Bonchev–Trinajstić information content (AvgIpc) is 2.66. The van der Waals surface area contributed by atoms with Crippen molar-refractivity contribution in [2.24, 2.45) is 0 Å². The van der Waals surface area contributed by atoms with Crippen LogP contribution in [0.25, 0.3) is 16.8 Å². The SMILES string of the molecule is CN(C)c1ccc(/C=C(\C#N)C(=O)Nc2cccc3ccccc23)cc1. The van der Waals surface area contributed by atoms with Crippen LogP contribution in [-0.4, -0.2) is 20.0 Å². The number of nitriles is 1. The fourth-order valence-corrected chi connectivity index (χ4v) is 2.71. The molecule has 0 aliphatic heterocycles. The van der Waals surface area contributed by atoms with Crippen molar-refractivity contribution in [1.29, 1.82) is 5.26 Å². The number of amides is 1. The van der Waals surface area contributed by atoms with Gasteiger partial charge in [-0.15, -0.1) is 0 Å². The standard InChI is InChI=1S/C22H19N3O/c1-25(2)19-12-10-16(11-13-19)14-18(15-23)22(26)24-21-9-5-7-17-6-3-4-8-20(17)21/h3-14H,1-2H3,(H,24,26)/b18-14+. The highest BCUT2D eigenvalue weighted by molar-refractivity contribution is 6.12. The molecule has 0 aromatic heterocycles. The van der Waals surface area contributed by atoms with Gasteiger partial charge in [0.15, 0.2) is 0 Å². The molecule has 3 aromatic carbocycles. The number of rotatable bonds is 4. The number of carbonyl (C=O) groups is 1. The van der Waals surface area contributed by atoms with Gasteiger partial charge in [-0.05, 0) is 35.2 Å². The van der Waals surface area contributed by atoms with Gasteiger partial charge in [-0.2, -0.15) is 5.26 Å². The molecule has 1 N–H and O–H groups in total. The van der Waals surface area contributed by atoms with Gasteiger partial charge in [0.25, 0.3) is 5.91 Å². The summed E-state index contributed by atoms with van der Waals surface area (Å²) in [7, 11) is 3.92. The van der Waals surface area contributed by atoms with Crippen LogP contribution in [0.3, 0.4) is 0 Å². The van der Waals surface area contributed by atoms with E-state index < -0.39 is 5.91 Å². The lowest BCUT2D eigenvalue weighted by molar-refractivity contribution is -0.112. The van der Waals surface area contributed by atoms with Crippen molar-refractivity contribution >= 4 is 34.1 Å². The maximum absolute atomic E-state index is 12.6. The maximum atomic E-state index is 12.6. The van der Waals surface area contributed by atoms with Gasteiger partial charge in [-0.1, -0.05) is 48.5 Å². The van der Waals surface area contributed by atoms with E-state index in [1.54, 1.807) is 6.08 Å². The van der Waals surface area contributed by atoms with Crippen LogP contribution in [0.1, 0.15) is 5.56 Å². The number of nitrogens with one attached hydrogen (secondary N) is 1. The van der Waals surface area contributed by atoms with E-state index in [9.17, 15) is 10.1 Å². The molecule has 1 amide bonds. The van der Waals surface area contributed by atoms with Gasteiger partial charge in [0.2, 0.25) is 0 Å². The molecule has 0 saturated heterocycles. The van der Waals surface area contributed by atoms with Crippen LogP contribution in [0.2, 0.25) is 0 Å². The molecule has 0 fully saturated rings. The van der Waals surface area contributed by atoms with Crippen LogP contribution in [0.4, 0.5) is 11.4 Å². The number of hydrogen-bond donors (Lipinski definition) is 1. The number of hydrogen-bond acceptors (Lipinski definition) is 3. The first kappa shape index (κ1) is 17.2. The predicted molar refractivity (Wildman–Crippen MR) is 107 cm³/mol. The summed E-state index contributed by atoms with van der Waals surface area (Å²) >= 11 is 0. The van der Waals surface area contributed by atoms with Crippen molar-refractivity contribution in [1.82, 2.24) is 0 Å². The number of carbonyl (C=O) groups excluding carboxylic acids is 1. The molecule has 3 rings (SSSR count). The Balaban J connectivity index is 1.86. The van der Waals surface area contributed by atoms with E-state index in [1.807, 2.05) is 91.8 Å². The Bertz CT molecular complexity index is 1010. The molecular formula is C22H19N3O. The summed E-state index contributed by atoms with van der Waals surface area (Å²) in [4.78, 5) is 14.5. The second-order valence-corrected chi connectivity index (χ2v) is 6.14. The van der Waals surface area contributed by atoms with E-state index in [0.29, 0.717) is 5.69 Å². The summed E-state index contributed by atoms with van der Waals surface area (Å²) in [6, 6.07) is 23.2. The molecule has 0 spiro atoms.